The maximum atomic E-state index is 13.0. The Morgan fingerprint density at radius 1 is 1.00 bits per heavy atom. The van der Waals surface area contributed by atoms with E-state index in [9.17, 15) is 14.7 Å². The van der Waals surface area contributed by atoms with Crippen LogP contribution < -0.4 is 0 Å². The molecule has 0 spiro atoms. The van der Waals surface area contributed by atoms with Gasteiger partial charge in [0.2, 0.25) is 11.8 Å². The Bertz CT molecular complexity index is 584. The highest BCUT2D eigenvalue weighted by Gasteiger charge is 2.51. The van der Waals surface area contributed by atoms with Crippen molar-refractivity contribution in [2.45, 2.75) is 64.3 Å². The van der Waals surface area contributed by atoms with Crippen LogP contribution in [0.4, 0.5) is 0 Å². The third-order valence-electron chi connectivity index (χ3n) is 8.20. The van der Waals surface area contributed by atoms with E-state index in [4.69, 9.17) is 0 Å². The zero-order valence-corrected chi connectivity index (χ0v) is 17.4. The first-order valence-corrected chi connectivity index (χ1v) is 11.4. The van der Waals surface area contributed by atoms with Crippen LogP contribution in [-0.4, -0.2) is 83.5 Å². The summed E-state index contributed by atoms with van der Waals surface area (Å²) in [7, 11) is 0. The van der Waals surface area contributed by atoms with Crippen LogP contribution in [0.1, 0.15) is 58.3 Å². The Hall–Kier alpha value is -1.14. The lowest BCUT2D eigenvalue weighted by atomic mass is 9.73. The molecule has 0 aromatic heterocycles. The minimum absolute atomic E-state index is 0.0806. The van der Waals surface area contributed by atoms with Crippen LogP contribution in [0, 0.1) is 17.3 Å². The first-order chi connectivity index (χ1) is 13.5. The van der Waals surface area contributed by atoms with Gasteiger partial charge in [-0.1, -0.05) is 12.8 Å². The lowest BCUT2D eigenvalue weighted by Gasteiger charge is -2.44. The first kappa shape index (κ1) is 20.1. The fourth-order valence-corrected chi connectivity index (χ4v) is 6.19. The Labute approximate surface area is 169 Å². The minimum atomic E-state index is -0.0806. The molecule has 4 aliphatic rings. The number of nitrogens with zero attached hydrogens (tertiary/aromatic N) is 3. The number of hydrogen-bond acceptors (Lipinski definition) is 4. The molecule has 158 valence electrons. The zero-order valence-electron chi connectivity index (χ0n) is 17.4. The van der Waals surface area contributed by atoms with E-state index in [0.717, 1.165) is 64.6 Å². The summed E-state index contributed by atoms with van der Waals surface area (Å²) in [6.45, 7) is 7.07. The molecule has 3 saturated heterocycles. The minimum Gasteiger partial charge on any atom is -0.396 e. The fraction of sp³-hybridized carbons (Fsp3) is 0.909. The monoisotopic (exact) mass is 391 g/mol. The van der Waals surface area contributed by atoms with Crippen molar-refractivity contribution in [1.82, 2.24) is 14.7 Å². The number of piperidine rings is 2. The van der Waals surface area contributed by atoms with Crippen molar-refractivity contribution in [3.8, 4) is 0 Å². The Morgan fingerprint density at radius 3 is 2.36 bits per heavy atom. The second kappa shape index (κ2) is 8.31. The van der Waals surface area contributed by atoms with E-state index in [1.54, 1.807) is 6.92 Å². The van der Waals surface area contributed by atoms with Crippen LogP contribution >= 0.6 is 0 Å². The lowest BCUT2D eigenvalue weighted by Crippen LogP contribution is -2.51. The van der Waals surface area contributed by atoms with Crippen molar-refractivity contribution >= 4 is 11.8 Å². The smallest absolute Gasteiger partial charge is 0.222 e. The van der Waals surface area contributed by atoms with Crippen molar-refractivity contribution in [3.05, 3.63) is 0 Å². The van der Waals surface area contributed by atoms with Gasteiger partial charge >= 0.3 is 0 Å². The maximum Gasteiger partial charge on any atom is 0.222 e. The number of aliphatic hydroxyl groups excluding tert-OH is 1. The van der Waals surface area contributed by atoms with Crippen LogP contribution in [0.3, 0.4) is 0 Å². The summed E-state index contributed by atoms with van der Waals surface area (Å²) in [4.78, 5) is 31.1. The average Bonchev–Trinajstić information content (AvgIpc) is 3.36. The molecule has 0 radical (unpaired) electrons. The van der Waals surface area contributed by atoms with Crippen LogP contribution in [-0.2, 0) is 9.59 Å². The average molecular weight is 392 g/mol. The molecule has 0 bridgehead atoms. The topological polar surface area (TPSA) is 64.1 Å². The Balaban J connectivity index is 1.32. The molecule has 28 heavy (non-hydrogen) atoms. The molecular weight excluding hydrogens is 354 g/mol. The Morgan fingerprint density at radius 2 is 1.71 bits per heavy atom. The fourth-order valence-electron chi connectivity index (χ4n) is 6.19. The quantitative estimate of drug-likeness (QED) is 0.793. The van der Waals surface area contributed by atoms with E-state index in [-0.39, 0.29) is 23.8 Å². The summed E-state index contributed by atoms with van der Waals surface area (Å²) in [5.74, 6) is 1.21. The van der Waals surface area contributed by atoms with Crippen LogP contribution in [0.5, 0.6) is 0 Å². The highest BCUT2D eigenvalue weighted by atomic mass is 16.3. The summed E-state index contributed by atoms with van der Waals surface area (Å²) < 4.78 is 0. The third-order valence-corrected chi connectivity index (χ3v) is 8.20. The van der Waals surface area contributed by atoms with Crippen molar-refractivity contribution in [2.24, 2.45) is 17.3 Å². The number of rotatable bonds is 4. The van der Waals surface area contributed by atoms with E-state index in [1.165, 1.54) is 25.7 Å². The van der Waals surface area contributed by atoms with Gasteiger partial charge in [0, 0.05) is 57.5 Å². The number of carbonyl (C=O) groups is 2. The van der Waals surface area contributed by atoms with E-state index in [1.807, 2.05) is 4.90 Å². The maximum absolute atomic E-state index is 13.0. The van der Waals surface area contributed by atoms with Crippen molar-refractivity contribution in [2.75, 3.05) is 45.9 Å². The molecule has 6 nitrogen and oxygen atoms in total. The van der Waals surface area contributed by atoms with Gasteiger partial charge in [-0.3, -0.25) is 14.5 Å². The van der Waals surface area contributed by atoms with Crippen molar-refractivity contribution in [3.63, 3.8) is 0 Å². The van der Waals surface area contributed by atoms with Crippen LogP contribution in [0.15, 0.2) is 0 Å². The number of likely N-dealkylation sites (tertiary alicyclic amines) is 3. The third kappa shape index (κ3) is 3.95. The van der Waals surface area contributed by atoms with Gasteiger partial charge in [-0.25, -0.2) is 0 Å². The van der Waals surface area contributed by atoms with Gasteiger partial charge in [-0.05, 0) is 50.5 Å². The molecular formula is C22H37N3O3. The lowest BCUT2D eigenvalue weighted by molar-refractivity contribution is -0.133. The van der Waals surface area contributed by atoms with Gasteiger partial charge in [0.05, 0.1) is 6.61 Å². The van der Waals surface area contributed by atoms with E-state index < -0.39 is 0 Å². The van der Waals surface area contributed by atoms with Crippen LogP contribution in [0.2, 0.25) is 0 Å². The summed E-state index contributed by atoms with van der Waals surface area (Å²) in [5.41, 5.74) is -0.0806. The van der Waals surface area contributed by atoms with E-state index in [0.29, 0.717) is 18.3 Å². The molecule has 1 saturated carbocycles. The van der Waals surface area contributed by atoms with Gasteiger partial charge in [-0.15, -0.1) is 0 Å². The predicted octanol–water partition coefficient (Wildman–Crippen LogP) is 1.72. The first-order valence-electron chi connectivity index (χ1n) is 11.4. The molecule has 4 rings (SSSR count). The van der Waals surface area contributed by atoms with Gasteiger partial charge in [0.1, 0.15) is 0 Å². The largest absolute Gasteiger partial charge is 0.396 e. The number of aliphatic hydroxyl groups is 1. The molecule has 1 N–H and O–H groups in total. The number of amides is 2. The van der Waals surface area contributed by atoms with E-state index >= 15 is 0 Å². The van der Waals surface area contributed by atoms with Crippen molar-refractivity contribution in [1.29, 1.82) is 0 Å². The second-order valence-electron chi connectivity index (χ2n) is 9.83. The second-order valence-corrected chi connectivity index (χ2v) is 9.83. The van der Waals surface area contributed by atoms with Crippen LogP contribution in [0.25, 0.3) is 0 Å². The molecule has 1 aliphatic carbocycles. The predicted molar refractivity (Wildman–Crippen MR) is 108 cm³/mol. The summed E-state index contributed by atoms with van der Waals surface area (Å²) in [6.07, 6.45) is 8.83. The molecule has 6 heteroatoms. The zero-order chi connectivity index (χ0) is 19.7. The molecule has 2 atom stereocenters. The molecule has 3 aliphatic heterocycles. The molecule has 0 aromatic rings. The normalized spacial score (nSPS) is 32.7. The summed E-state index contributed by atoms with van der Waals surface area (Å²) >= 11 is 0. The highest BCUT2D eigenvalue weighted by molar-refractivity contribution is 5.77. The number of carbonyl (C=O) groups excluding carboxylic acids is 2. The van der Waals surface area contributed by atoms with Crippen molar-refractivity contribution < 1.29 is 14.7 Å². The van der Waals surface area contributed by atoms with Gasteiger partial charge in [0.25, 0.3) is 0 Å². The summed E-state index contributed by atoms with van der Waals surface area (Å²) in [6, 6.07) is 0.730. The molecule has 0 aromatic carbocycles. The SMILES string of the molecule is CC(=O)N1CCC(CC(=O)N2C[C@@H]3CN(C4CCCC4)CC[C@]3(CO)C2)CC1. The number of hydrogen-bond donors (Lipinski definition) is 1. The summed E-state index contributed by atoms with van der Waals surface area (Å²) in [5, 5.41) is 10.2. The highest BCUT2D eigenvalue weighted by Crippen LogP contribution is 2.44. The Kier molecular flexibility index (Phi) is 5.98. The molecule has 2 amide bonds. The molecule has 0 unspecified atom stereocenters. The molecule has 4 fully saturated rings. The molecule has 3 heterocycles. The van der Waals surface area contributed by atoms with Gasteiger partial charge < -0.3 is 14.9 Å². The van der Waals surface area contributed by atoms with Gasteiger partial charge in [-0.2, -0.15) is 0 Å². The van der Waals surface area contributed by atoms with Gasteiger partial charge in [0.15, 0.2) is 0 Å². The standard InChI is InChI=1S/C22H37N3O3/c1-17(27)23-9-6-18(7-10-23)12-21(28)25-14-19-13-24(20-4-2-3-5-20)11-8-22(19,15-25)16-26/h18-20,26H,2-16H2,1H3/t19-,22+/m0/s1. The number of fused-ring (bicyclic) bond motifs is 1. The van der Waals surface area contributed by atoms with E-state index in [2.05, 4.69) is 9.80 Å².